The number of carbonyl (C=O) groups excluding carboxylic acids is 1. The zero-order valence-electron chi connectivity index (χ0n) is 8.78. The van der Waals surface area contributed by atoms with Crippen molar-refractivity contribution in [1.29, 1.82) is 0 Å². The quantitative estimate of drug-likeness (QED) is 0.432. The van der Waals surface area contributed by atoms with E-state index in [9.17, 15) is 22.0 Å². The molecule has 0 aliphatic carbocycles. The second kappa shape index (κ2) is 5.39. The van der Waals surface area contributed by atoms with E-state index in [0.717, 1.165) is 6.26 Å². The number of benzene rings is 1. The van der Waals surface area contributed by atoms with E-state index in [-0.39, 0.29) is 10.6 Å². The highest BCUT2D eigenvalue weighted by Crippen LogP contribution is 2.15. The molecule has 0 N–H and O–H groups in total. The number of esters is 1. The number of rotatable bonds is 4. The summed E-state index contributed by atoms with van der Waals surface area (Å²) in [5, 5.41) is 0. The smallest absolute Gasteiger partial charge is 0.322 e. The Kier molecular flexibility index (Phi) is 4.38. The molecule has 0 bridgehead atoms. The fourth-order valence-corrected chi connectivity index (χ4v) is 1.89. The molecule has 94 valence electrons. The fourth-order valence-electron chi connectivity index (χ4n) is 1.01. The second-order valence-electron chi connectivity index (χ2n) is 3.17. The van der Waals surface area contributed by atoms with Crippen LogP contribution < -0.4 is 4.74 Å². The van der Waals surface area contributed by atoms with Crippen molar-refractivity contribution in [2.75, 3.05) is 12.0 Å². The van der Waals surface area contributed by atoms with Gasteiger partial charge >= 0.3 is 5.97 Å². The van der Waals surface area contributed by atoms with Crippen molar-refractivity contribution < 1.29 is 26.7 Å². The van der Waals surface area contributed by atoms with Gasteiger partial charge in [0.25, 0.3) is 0 Å². The SMILES string of the molecule is CS(=O)(=O)c1ccc(OC(=O)CS(=O)[O-])cc1. The first-order valence-electron chi connectivity index (χ1n) is 4.36. The van der Waals surface area contributed by atoms with Crippen LogP contribution in [0.4, 0.5) is 0 Å². The summed E-state index contributed by atoms with van der Waals surface area (Å²) in [6, 6.07) is 5.10. The van der Waals surface area contributed by atoms with Crippen LogP contribution >= 0.6 is 0 Å². The minimum atomic E-state index is -3.31. The van der Waals surface area contributed by atoms with Crippen LogP contribution in [-0.4, -0.2) is 35.2 Å². The summed E-state index contributed by atoms with van der Waals surface area (Å²) in [6.45, 7) is 0. The molecular formula is C9H9O6S2-. The third-order valence-electron chi connectivity index (χ3n) is 1.72. The standard InChI is InChI=1S/C9H10O6S2/c1-17(13,14)8-4-2-7(3-5-8)15-9(10)6-16(11)12/h2-5H,6H2,1H3,(H,11,12)/p-1. The van der Waals surface area contributed by atoms with Gasteiger partial charge < -0.3 is 9.29 Å². The summed E-state index contributed by atoms with van der Waals surface area (Å²) < 4.78 is 47.3. The van der Waals surface area contributed by atoms with E-state index in [4.69, 9.17) is 0 Å². The van der Waals surface area contributed by atoms with Crippen LogP contribution in [0.5, 0.6) is 5.75 Å². The van der Waals surface area contributed by atoms with Gasteiger partial charge in [-0.15, -0.1) is 0 Å². The van der Waals surface area contributed by atoms with Crippen LogP contribution in [0.15, 0.2) is 29.2 Å². The monoisotopic (exact) mass is 277 g/mol. The molecule has 0 heterocycles. The molecule has 0 saturated heterocycles. The van der Waals surface area contributed by atoms with Crippen LogP contribution in [0.25, 0.3) is 0 Å². The Hall–Kier alpha value is -1.25. The fraction of sp³-hybridized carbons (Fsp3) is 0.222. The summed E-state index contributed by atoms with van der Waals surface area (Å²) in [4.78, 5) is 11.1. The Morgan fingerprint density at radius 1 is 1.35 bits per heavy atom. The van der Waals surface area contributed by atoms with Crippen LogP contribution in [0.3, 0.4) is 0 Å². The number of sulfone groups is 1. The Morgan fingerprint density at radius 3 is 2.29 bits per heavy atom. The molecule has 8 heteroatoms. The zero-order chi connectivity index (χ0) is 13.1. The highest BCUT2D eigenvalue weighted by atomic mass is 32.2. The second-order valence-corrected chi connectivity index (χ2v) is 6.08. The van der Waals surface area contributed by atoms with Crippen molar-refractivity contribution in [3.8, 4) is 5.75 Å². The molecule has 0 amide bonds. The van der Waals surface area contributed by atoms with Crippen LogP contribution in [0.1, 0.15) is 0 Å². The number of hydrogen-bond acceptors (Lipinski definition) is 6. The summed E-state index contributed by atoms with van der Waals surface area (Å²) in [7, 11) is -3.31. The van der Waals surface area contributed by atoms with Crippen molar-refractivity contribution in [2.24, 2.45) is 0 Å². The Balaban J connectivity index is 2.76. The molecule has 0 fully saturated rings. The maximum Gasteiger partial charge on any atom is 0.322 e. The van der Waals surface area contributed by atoms with Crippen molar-refractivity contribution >= 4 is 26.9 Å². The first-order chi connectivity index (χ1) is 7.79. The largest absolute Gasteiger partial charge is 0.772 e. The third kappa shape index (κ3) is 4.63. The Labute approximate surface area is 101 Å². The van der Waals surface area contributed by atoms with E-state index in [1.807, 2.05) is 0 Å². The maximum atomic E-state index is 11.1. The zero-order valence-corrected chi connectivity index (χ0v) is 10.4. The molecule has 1 aromatic rings. The van der Waals surface area contributed by atoms with Gasteiger partial charge in [0.05, 0.1) is 4.90 Å². The minimum Gasteiger partial charge on any atom is -0.772 e. The average Bonchev–Trinajstić information content (AvgIpc) is 2.15. The predicted molar refractivity (Wildman–Crippen MR) is 59.0 cm³/mol. The lowest BCUT2D eigenvalue weighted by molar-refractivity contribution is -0.131. The summed E-state index contributed by atoms with van der Waals surface area (Å²) in [6.07, 6.45) is 1.05. The molecule has 0 radical (unpaired) electrons. The lowest BCUT2D eigenvalue weighted by Gasteiger charge is -2.06. The molecule has 0 aliphatic heterocycles. The van der Waals surface area contributed by atoms with Gasteiger partial charge in [-0.2, -0.15) is 0 Å². The highest BCUT2D eigenvalue weighted by molar-refractivity contribution is 7.90. The number of hydrogen-bond donors (Lipinski definition) is 0. The lowest BCUT2D eigenvalue weighted by Crippen LogP contribution is -2.16. The average molecular weight is 277 g/mol. The molecule has 6 nitrogen and oxygen atoms in total. The lowest BCUT2D eigenvalue weighted by atomic mass is 10.3. The predicted octanol–water partition coefficient (Wildman–Crippen LogP) is -0.125. The van der Waals surface area contributed by atoms with E-state index in [1.165, 1.54) is 24.3 Å². The molecule has 0 saturated carbocycles. The minimum absolute atomic E-state index is 0.0877. The molecule has 1 unspecified atom stereocenters. The molecule has 1 atom stereocenters. The summed E-state index contributed by atoms with van der Waals surface area (Å²) in [5.74, 6) is -1.58. The van der Waals surface area contributed by atoms with Crippen LogP contribution in [0.2, 0.25) is 0 Å². The first kappa shape index (κ1) is 13.8. The summed E-state index contributed by atoms with van der Waals surface area (Å²) >= 11 is -2.51. The van der Waals surface area contributed by atoms with Crippen LogP contribution in [0, 0.1) is 0 Å². The van der Waals surface area contributed by atoms with E-state index in [0.29, 0.717) is 0 Å². The highest BCUT2D eigenvalue weighted by Gasteiger charge is 2.08. The van der Waals surface area contributed by atoms with Gasteiger partial charge in [-0.3, -0.25) is 9.00 Å². The van der Waals surface area contributed by atoms with Gasteiger partial charge in [-0.1, -0.05) is 0 Å². The van der Waals surface area contributed by atoms with Crippen molar-refractivity contribution in [3.05, 3.63) is 24.3 Å². The van der Waals surface area contributed by atoms with Gasteiger partial charge in [0.15, 0.2) is 9.84 Å². The summed E-state index contributed by atoms with van der Waals surface area (Å²) in [5.41, 5.74) is 0. The molecule has 1 rings (SSSR count). The van der Waals surface area contributed by atoms with Crippen LogP contribution in [-0.2, 0) is 25.7 Å². The molecule has 0 aromatic heterocycles. The van der Waals surface area contributed by atoms with E-state index in [2.05, 4.69) is 4.74 Å². The molecular weight excluding hydrogens is 268 g/mol. The van der Waals surface area contributed by atoms with Crippen molar-refractivity contribution in [2.45, 2.75) is 4.90 Å². The van der Waals surface area contributed by atoms with Gasteiger partial charge in [-0.05, 0) is 35.3 Å². The van der Waals surface area contributed by atoms with E-state index >= 15 is 0 Å². The third-order valence-corrected chi connectivity index (χ3v) is 3.32. The number of ether oxygens (including phenoxy) is 1. The van der Waals surface area contributed by atoms with Crippen molar-refractivity contribution in [1.82, 2.24) is 0 Å². The van der Waals surface area contributed by atoms with Crippen molar-refractivity contribution in [3.63, 3.8) is 0 Å². The van der Waals surface area contributed by atoms with Gasteiger partial charge in [0.2, 0.25) is 0 Å². The maximum absolute atomic E-state index is 11.1. The molecule has 0 aliphatic rings. The van der Waals surface area contributed by atoms with Gasteiger partial charge in [0.1, 0.15) is 11.5 Å². The molecule has 0 spiro atoms. The van der Waals surface area contributed by atoms with E-state index in [1.54, 1.807) is 0 Å². The molecule has 1 aromatic carbocycles. The Morgan fingerprint density at radius 2 is 1.88 bits per heavy atom. The topological polar surface area (TPSA) is 101 Å². The van der Waals surface area contributed by atoms with Gasteiger partial charge in [0, 0.05) is 6.26 Å². The molecule has 17 heavy (non-hydrogen) atoms. The van der Waals surface area contributed by atoms with Gasteiger partial charge in [-0.25, -0.2) is 8.42 Å². The first-order valence-corrected chi connectivity index (χ1v) is 7.49. The number of carbonyl (C=O) groups is 1. The Bertz CT molecular complexity index is 531. The van der Waals surface area contributed by atoms with E-state index < -0.39 is 32.6 Å². The normalized spacial score (nSPS) is 13.1.